The van der Waals surface area contributed by atoms with Gasteiger partial charge in [0.25, 0.3) is 10.0 Å². The van der Waals surface area contributed by atoms with Crippen molar-refractivity contribution in [2.45, 2.75) is 0 Å². The van der Waals surface area contributed by atoms with Crippen LogP contribution in [0.3, 0.4) is 0 Å². The molecule has 4 aromatic rings. The van der Waals surface area contributed by atoms with Crippen LogP contribution in [0.4, 0.5) is 5.82 Å². The Labute approximate surface area is 223 Å². The highest BCUT2D eigenvalue weighted by atomic mass is 35.5. The molecular formula is C25H22ClN5O6S. The van der Waals surface area contributed by atoms with Crippen molar-refractivity contribution in [3.05, 3.63) is 76.9 Å². The van der Waals surface area contributed by atoms with Crippen molar-refractivity contribution in [1.29, 1.82) is 0 Å². The van der Waals surface area contributed by atoms with E-state index in [9.17, 15) is 8.42 Å². The van der Waals surface area contributed by atoms with Crippen molar-refractivity contribution in [2.75, 3.05) is 24.7 Å². The van der Waals surface area contributed by atoms with E-state index < -0.39 is 10.0 Å². The minimum absolute atomic E-state index is 0.0840. The van der Waals surface area contributed by atoms with Crippen molar-refractivity contribution in [1.82, 2.24) is 19.7 Å². The lowest BCUT2D eigenvalue weighted by molar-refractivity contribution is 0.174. The summed E-state index contributed by atoms with van der Waals surface area (Å²) in [5, 5.41) is 5.90. The number of ether oxygens (including phenoxy) is 4. The van der Waals surface area contributed by atoms with Crippen LogP contribution in [0.5, 0.6) is 23.4 Å². The van der Waals surface area contributed by atoms with Crippen LogP contribution in [0.15, 0.2) is 66.3 Å². The number of hydrogen-bond acceptors (Lipinski definition) is 9. The lowest BCUT2D eigenvalue weighted by atomic mass is 10.1. The molecule has 0 saturated carbocycles. The predicted molar refractivity (Wildman–Crippen MR) is 141 cm³/mol. The number of rotatable bonds is 10. The zero-order valence-electron chi connectivity index (χ0n) is 20.1. The standard InChI is InChI=1S/C25H22ClN5O6S/c1-31-23(30-38(32,33)12-9-17-5-3-2-4-6-17)22(18-7-8-20-21(13-18)37-16-36-20)24(29-31)34-10-11-35-25-27-14-19(26)15-28-25/h2-9,12-15,30H,10-11,16H2,1H3/b12-9+. The first-order valence-corrected chi connectivity index (χ1v) is 13.3. The fourth-order valence-corrected chi connectivity index (χ4v) is 4.58. The van der Waals surface area contributed by atoms with Crippen LogP contribution in [-0.2, 0) is 17.1 Å². The van der Waals surface area contributed by atoms with E-state index in [1.165, 1.54) is 23.2 Å². The van der Waals surface area contributed by atoms with Gasteiger partial charge < -0.3 is 18.9 Å². The molecule has 0 bridgehead atoms. The second kappa shape index (κ2) is 11.0. The Morgan fingerprint density at radius 1 is 1.05 bits per heavy atom. The third kappa shape index (κ3) is 5.98. The van der Waals surface area contributed by atoms with E-state index in [-0.39, 0.29) is 37.7 Å². The number of sulfonamides is 1. The van der Waals surface area contributed by atoms with E-state index in [0.717, 1.165) is 11.0 Å². The molecule has 0 unspecified atom stereocenters. The molecule has 0 saturated heterocycles. The summed E-state index contributed by atoms with van der Waals surface area (Å²) in [5.41, 5.74) is 1.78. The summed E-state index contributed by atoms with van der Waals surface area (Å²) in [4.78, 5) is 7.94. The van der Waals surface area contributed by atoms with Gasteiger partial charge in [-0.2, -0.15) is 0 Å². The number of fused-ring (bicyclic) bond motifs is 1. The van der Waals surface area contributed by atoms with Gasteiger partial charge in [0.1, 0.15) is 19.0 Å². The molecule has 1 N–H and O–H groups in total. The molecule has 2 aromatic carbocycles. The number of aryl methyl sites for hydroxylation is 1. The van der Waals surface area contributed by atoms with Crippen molar-refractivity contribution in [2.24, 2.45) is 7.05 Å². The summed E-state index contributed by atoms with van der Waals surface area (Å²) in [5.74, 6) is 1.51. The van der Waals surface area contributed by atoms with Gasteiger partial charge in [0.15, 0.2) is 11.5 Å². The molecule has 11 nitrogen and oxygen atoms in total. The molecule has 0 fully saturated rings. The average molecular weight is 556 g/mol. The van der Waals surface area contributed by atoms with E-state index in [2.05, 4.69) is 19.8 Å². The van der Waals surface area contributed by atoms with Crippen molar-refractivity contribution < 1.29 is 27.4 Å². The van der Waals surface area contributed by atoms with Gasteiger partial charge in [-0.05, 0) is 29.3 Å². The number of anilines is 1. The molecular weight excluding hydrogens is 534 g/mol. The van der Waals surface area contributed by atoms with Gasteiger partial charge in [-0.15, -0.1) is 5.10 Å². The largest absolute Gasteiger partial charge is 0.472 e. The van der Waals surface area contributed by atoms with Crippen LogP contribution in [0, 0.1) is 0 Å². The molecule has 38 heavy (non-hydrogen) atoms. The second-order valence-corrected chi connectivity index (χ2v) is 9.96. The third-order valence-corrected chi connectivity index (χ3v) is 6.47. The first kappa shape index (κ1) is 25.4. The number of aromatic nitrogens is 4. The smallest absolute Gasteiger partial charge is 0.316 e. The molecule has 0 amide bonds. The molecule has 0 spiro atoms. The van der Waals surface area contributed by atoms with E-state index in [1.807, 2.05) is 18.2 Å². The Hall–Kier alpha value is -4.29. The zero-order chi connectivity index (χ0) is 26.5. The second-order valence-electron chi connectivity index (χ2n) is 7.96. The van der Waals surface area contributed by atoms with Crippen LogP contribution in [-0.4, -0.2) is 48.2 Å². The topological polar surface area (TPSA) is 127 Å². The Kier molecular flexibility index (Phi) is 7.33. The van der Waals surface area contributed by atoms with Gasteiger partial charge in [-0.25, -0.2) is 23.1 Å². The third-order valence-electron chi connectivity index (χ3n) is 5.30. The van der Waals surface area contributed by atoms with Gasteiger partial charge >= 0.3 is 6.01 Å². The molecule has 0 radical (unpaired) electrons. The fourth-order valence-electron chi connectivity index (χ4n) is 3.58. The van der Waals surface area contributed by atoms with Gasteiger partial charge in [-0.1, -0.05) is 48.0 Å². The summed E-state index contributed by atoms with van der Waals surface area (Å²) < 4.78 is 52.3. The van der Waals surface area contributed by atoms with Crippen LogP contribution in [0.1, 0.15) is 5.56 Å². The maximum absolute atomic E-state index is 13.0. The number of nitrogens with one attached hydrogen (secondary N) is 1. The molecule has 5 rings (SSSR count). The van der Waals surface area contributed by atoms with Gasteiger partial charge in [0.2, 0.25) is 12.7 Å². The Balaban J connectivity index is 1.40. The first-order valence-electron chi connectivity index (χ1n) is 11.3. The van der Waals surface area contributed by atoms with Crippen molar-refractivity contribution in [3.63, 3.8) is 0 Å². The summed E-state index contributed by atoms with van der Waals surface area (Å²) in [7, 11) is -2.29. The van der Waals surface area contributed by atoms with Crippen LogP contribution in [0.25, 0.3) is 17.2 Å². The highest BCUT2D eigenvalue weighted by molar-refractivity contribution is 7.95. The van der Waals surface area contributed by atoms with E-state index in [1.54, 1.807) is 37.4 Å². The minimum Gasteiger partial charge on any atom is -0.472 e. The Morgan fingerprint density at radius 3 is 2.58 bits per heavy atom. The first-order chi connectivity index (χ1) is 18.4. The lowest BCUT2D eigenvalue weighted by Gasteiger charge is -2.10. The molecule has 196 valence electrons. The average Bonchev–Trinajstić information content (AvgIpc) is 3.50. The van der Waals surface area contributed by atoms with Gasteiger partial charge in [0.05, 0.1) is 28.4 Å². The minimum atomic E-state index is -3.90. The van der Waals surface area contributed by atoms with E-state index in [0.29, 0.717) is 27.6 Å². The van der Waals surface area contributed by atoms with Crippen molar-refractivity contribution >= 4 is 33.5 Å². The van der Waals surface area contributed by atoms with Gasteiger partial charge in [-0.3, -0.25) is 4.72 Å². The lowest BCUT2D eigenvalue weighted by Crippen LogP contribution is -2.13. The molecule has 1 aliphatic rings. The van der Waals surface area contributed by atoms with E-state index >= 15 is 0 Å². The summed E-state index contributed by atoms with van der Waals surface area (Å²) in [6, 6.07) is 14.5. The maximum Gasteiger partial charge on any atom is 0.316 e. The number of nitrogens with zero attached hydrogens (tertiary/aromatic N) is 4. The Morgan fingerprint density at radius 2 is 1.79 bits per heavy atom. The van der Waals surface area contributed by atoms with Gasteiger partial charge in [0, 0.05) is 7.05 Å². The predicted octanol–water partition coefficient (Wildman–Crippen LogP) is 4.13. The monoisotopic (exact) mass is 555 g/mol. The van der Waals surface area contributed by atoms with Crippen molar-refractivity contribution in [3.8, 4) is 34.5 Å². The number of benzene rings is 2. The van der Waals surface area contributed by atoms with Crippen LogP contribution < -0.4 is 23.7 Å². The zero-order valence-corrected chi connectivity index (χ0v) is 21.6. The normalized spacial score (nSPS) is 12.6. The fraction of sp³-hybridized carbons (Fsp3) is 0.160. The number of hydrogen-bond donors (Lipinski definition) is 1. The Bertz CT molecular complexity index is 1560. The molecule has 13 heteroatoms. The summed E-state index contributed by atoms with van der Waals surface area (Å²) in [6.45, 7) is 0.295. The maximum atomic E-state index is 13.0. The van der Waals surface area contributed by atoms with Crippen LogP contribution in [0.2, 0.25) is 5.02 Å². The highest BCUT2D eigenvalue weighted by Gasteiger charge is 2.25. The summed E-state index contributed by atoms with van der Waals surface area (Å²) >= 11 is 5.79. The van der Waals surface area contributed by atoms with E-state index in [4.69, 9.17) is 30.5 Å². The quantitative estimate of drug-likeness (QED) is 0.287. The molecule has 3 heterocycles. The molecule has 2 aromatic heterocycles. The number of halogens is 1. The molecule has 1 aliphatic heterocycles. The SMILES string of the molecule is Cn1nc(OCCOc2ncc(Cl)cn2)c(-c2ccc3c(c2)OCO3)c1NS(=O)(=O)/C=C/c1ccccc1. The molecule has 0 atom stereocenters. The summed E-state index contributed by atoms with van der Waals surface area (Å²) in [6.07, 6.45) is 4.35. The van der Waals surface area contributed by atoms with Crippen LogP contribution >= 0.6 is 11.6 Å². The molecule has 0 aliphatic carbocycles. The highest BCUT2D eigenvalue weighted by Crippen LogP contribution is 2.42.